The fourth-order valence-corrected chi connectivity index (χ4v) is 8.52. The van der Waals surface area contributed by atoms with E-state index in [1.54, 1.807) is 0 Å². The van der Waals surface area contributed by atoms with Gasteiger partial charge in [-0.25, -0.2) is 4.57 Å². The predicted molar refractivity (Wildman–Crippen MR) is 265 cm³/mol. The number of esters is 2. The minimum absolute atomic E-state index is 0.189. The molecule has 64 heavy (non-hydrogen) atoms. The zero-order chi connectivity index (χ0) is 46.9. The smallest absolute Gasteiger partial charge is 0.462 e. The first-order chi connectivity index (χ1) is 31.2. The summed E-state index contributed by atoms with van der Waals surface area (Å²) in [4.78, 5) is 35.2. The second-order valence-corrected chi connectivity index (χ2v) is 19.7. The van der Waals surface area contributed by atoms with Crippen molar-refractivity contribution in [2.75, 3.05) is 26.4 Å². The molecular weight excluding hydrogens is 828 g/mol. The highest BCUT2D eigenvalue weighted by molar-refractivity contribution is 7.47. The van der Waals surface area contributed by atoms with Crippen LogP contribution >= 0.6 is 7.82 Å². The highest BCUT2D eigenvalue weighted by Crippen LogP contribution is 2.43. The van der Waals surface area contributed by atoms with E-state index in [0.29, 0.717) is 12.8 Å². The van der Waals surface area contributed by atoms with Crippen LogP contribution in [0.25, 0.3) is 0 Å². The van der Waals surface area contributed by atoms with E-state index in [1.165, 1.54) is 173 Å². The third-order valence-corrected chi connectivity index (χ3v) is 12.8. The molecule has 3 atom stereocenters. The van der Waals surface area contributed by atoms with Crippen LogP contribution < -0.4 is 0 Å². The fraction of sp³-hybridized carbons (Fsp3) is 0.887. The number of hydrogen-bond acceptors (Lipinski definition) is 9. The fourth-order valence-electron chi connectivity index (χ4n) is 7.73. The molecule has 0 aliphatic rings. The van der Waals surface area contributed by atoms with E-state index in [1.807, 2.05) is 0 Å². The van der Waals surface area contributed by atoms with Gasteiger partial charge in [-0.15, -0.1) is 0 Å². The summed E-state index contributed by atoms with van der Waals surface area (Å²) in [6.07, 6.45) is 52.9. The van der Waals surface area contributed by atoms with Gasteiger partial charge in [-0.3, -0.25) is 18.6 Å². The Morgan fingerprint density at radius 1 is 0.469 bits per heavy atom. The molecule has 0 aromatic carbocycles. The van der Waals surface area contributed by atoms with Gasteiger partial charge in [0, 0.05) is 12.8 Å². The zero-order valence-corrected chi connectivity index (χ0v) is 42.4. The van der Waals surface area contributed by atoms with Crippen molar-refractivity contribution >= 4 is 19.8 Å². The van der Waals surface area contributed by atoms with Crippen molar-refractivity contribution in [2.24, 2.45) is 0 Å². The molecule has 0 aliphatic carbocycles. The number of phosphoric acid groups is 1. The molecule has 0 radical (unpaired) electrons. The minimum atomic E-state index is -4.62. The number of unbranched alkanes of at least 4 members (excludes halogenated alkanes) is 33. The van der Waals surface area contributed by atoms with Gasteiger partial charge < -0.3 is 24.6 Å². The van der Waals surface area contributed by atoms with Crippen LogP contribution in [0.4, 0.5) is 0 Å². The van der Waals surface area contributed by atoms with Crippen molar-refractivity contribution in [1.29, 1.82) is 0 Å². The van der Waals surface area contributed by atoms with Gasteiger partial charge in [0.05, 0.1) is 19.8 Å². The molecule has 0 aromatic heterocycles. The second kappa shape index (κ2) is 49.4. The largest absolute Gasteiger partial charge is 0.472 e. The van der Waals surface area contributed by atoms with Gasteiger partial charge in [-0.1, -0.05) is 231 Å². The van der Waals surface area contributed by atoms with Crippen molar-refractivity contribution in [3.63, 3.8) is 0 Å². The molecular formula is C53H101O10P. The molecule has 0 amide bonds. The lowest BCUT2D eigenvalue weighted by Gasteiger charge is -2.20. The van der Waals surface area contributed by atoms with Crippen molar-refractivity contribution in [3.8, 4) is 0 Å². The molecule has 378 valence electrons. The van der Waals surface area contributed by atoms with Gasteiger partial charge in [0.25, 0.3) is 0 Å². The minimum Gasteiger partial charge on any atom is -0.462 e. The van der Waals surface area contributed by atoms with Crippen molar-refractivity contribution < 1.29 is 47.8 Å². The molecule has 0 aromatic rings. The van der Waals surface area contributed by atoms with Crippen LogP contribution in [0.5, 0.6) is 0 Å². The number of phosphoric ester groups is 1. The molecule has 0 heterocycles. The first-order valence-corrected chi connectivity index (χ1v) is 28.3. The van der Waals surface area contributed by atoms with E-state index in [4.69, 9.17) is 23.6 Å². The summed E-state index contributed by atoms with van der Waals surface area (Å²) in [6, 6.07) is 0. The van der Waals surface area contributed by atoms with Gasteiger partial charge in [-0.05, 0) is 44.9 Å². The first-order valence-electron chi connectivity index (χ1n) is 26.8. The lowest BCUT2D eigenvalue weighted by molar-refractivity contribution is -0.161. The highest BCUT2D eigenvalue weighted by Gasteiger charge is 2.27. The molecule has 10 nitrogen and oxygen atoms in total. The first kappa shape index (κ1) is 62.4. The monoisotopic (exact) mass is 929 g/mol. The maximum Gasteiger partial charge on any atom is 0.472 e. The number of aliphatic hydroxyl groups is 2. The van der Waals surface area contributed by atoms with E-state index in [2.05, 4.69) is 38.2 Å². The molecule has 0 aliphatic heterocycles. The molecule has 0 spiro atoms. The van der Waals surface area contributed by atoms with Crippen LogP contribution in [-0.4, -0.2) is 65.7 Å². The third-order valence-electron chi connectivity index (χ3n) is 11.9. The summed E-state index contributed by atoms with van der Waals surface area (Å²) < 4.78 is 32.9. The maximum absolute atomic E-state index is 12.7. The van der Waals surface area contributed by atoms with Crippen LogP contribution in [0.1, 0.15) is 264 Å². The number of carbonyl (C=O) groups excluding carboxylic acids is 2. The summed E-state index contributed by atoms with van der Waals surface area (Å²) >= 11 is 0. The van der Waals surface area contributed by atoms with Crippen LogP contribution in [0, 0.1) is 0 Å². The van der Waals surface area contributed by atoms with Crippen LogP contribution in [0.15, 0.2) is 24.3 Å². The Morgan fingerprint density at radius 3 is 1.23 bits per heavy atom. The summed E-state index contributed by atoms with van der Waals surface area (Å²) in [5.41, 5.74) is 0. The Morgan fingerprint density at radius 2 is 0.812 bits per heavy atom. The molecule has 0 saturated heterocycles. The number of allylic oxidation sites excluding steroid dienone is 4. The number of ether oxygens (including phenoxy) is 2. The van der Waals surface area contributed by atoms with E-state index in [0.717, 1.165) is 51.4 Å². The molecule has 0 saturated carbocycles. The molecule has 0 rings (SSSR count). The number of rotatable bonds is 51. The summed E-state index contributed by atoms with van der Waals surface area (Å²) in [6.45, 7) is 2.41. The Labute approximate surface area is 393 Å². The van der Waals surface area contributed by atoms with Gasteiger partial charge in [-0.2, -0.15) is 0 Å². The maximum atomic E-state index is 12.7. The SMILES string of the molecule is CCCCC/C=C/C/C=C/CCCCCCCCCCCC(=O)OC[C@H](COP(=O)(O)OC[C@@H](O)CO)OC(=O)CCCCCCCCCCCCCCCCCCCCCCCC. The topological polar surface area (TPSA) is 149 Å². The lowest BCUT2D eigenvalue weighted by Crippen LogP contribution is -2.29. The van der Waals surface area contributed by atoms with E-state index in [9.17, 15) is 24.2 Å². The summed E-state index contributed by atoms with van der Waals surface area (Å²) in [5.74, 6) is -0.914. The van der Waals surface area contributed by atoms with E-state index in [-0.39, 0.29) is 19.4 Å². The average molecular weight is 929 g/mol. The van der Waals surface area contributed by atoms with Crippen molar-refractivity contribution in [3.05, 3.63) is 24.3 Å². The Hall–Kier alpha value is -1.55. The second-order valence-electron chi connectivity index (χ2n) is 18.3. The number of hydrogen-bond donors (Lipinski definition) is 3. The van der Waals surface area contributed by atoms with Crippen LogP contribution in [0.3, 0.4) is 0 Å². The average Bonchev–Trinajstić information content (AvgIpc) is 3.28. The van der Waals surface area contributed by atoms with E-state index >= 15 is 0 Å². The van der Waals surface area contributed by atoms with Gasteiger partial charge in [0.15, 0.2) is 6.10 Å². The zero-order valence-electron chi connectivity index (χ0n) is 41.5. The Bertz CT molecular complexity index is 1110. The molecule has 0 fully saturated rings. The van der Waals surface area contributed by atoms with E-state index < -0.39 is 51.8 Å². The Kier molecular flexibility index (Phi) is 48.2. The summed E-state index contributed by atoms with van der Waals surface area (Å²) in [5, 5.41) is 18.4. The predicted octanol–water partition coefficient (Wildman–Crippen LogP) is 15.3. The highest BCUT2D eigenvalue weighted by atomic mass is 31.2. The van der Waals surface area contributed by atoms with Gasteiger partial charge in [0.2, 0.25) is 0 Å². The number of aliphatic hydroxyl groups excluding tert-OH is 2. The molecule has 0 bridgehead atoms. The molecule has 11 heteroatoms. The van der Waals surface area contributed by atoms with Crippen LogP contribution in [-0.2, 0) is 32.7 Å². The quantitative estimate of drug-likeness (QED) is 0.0233. The molecule has 1 unspecified atom stereocenters. The Balaban J connectivity index is 4.12. The van der Waals surface area contributed by atoms with Crippen LogP contribution in [0.2, 0.25) is 0 Å². The number of carbonyl (C=O) groups is 2. The standard InChI is InChI=1S/C53H101O10P/c1-3-5-7-9-11-13-15-17-19-21-23-24-25-27-29-31-33-35-37-39-41-43-45-53(57)63-51(49-62-64(58,59)61-47-50(55)46-54)48-60-52(56)44-42-40-38-36-34-32-30-28-26-22-20-18-16-14-12-10-8-6-4-2/h12,14,18,20,50-51,54-55H,3-11,13,15-17,19,21-49H2,1-2H3,(H,58,59)/b14-12+,20-18+/t50-,51+/m0/s1. The molecule has 3 N–H and O–H groups in total. The lowest BCUT2D eigenvalue weighted by atomic mass is 10.0. The van der Waals surface area contributed by atoms with Crippen molar-refractivity contribution in [2.45, 2.75) is 276 Å². The van der Waals surface area contributed by atoms with Gasteiger partial charge in [0.1, 0.15) is 12.7 Å². The third kappa shape index (κ3) is 48.4. The normalized spacial score (nSPS) is 13.8. The summed E-state index contributed by atoms with van der Waals surface area (Å²) in [7, 11) is -4.62. The van der Waals surface area contributed by atoms with Gasteiger partial charge >= 0.3 is 19.8 Å². The van der Waals surface area contributed by atoms with Crippen molar-refractivity contribution in [1.82, 2.24) is 0 Å².